The summed E-state index contributed by atoms with van der Waals surface area (Å²) in [6.45, 7) is -1.25. The molecular formula is C14H14F9N2O2+. The van der Waals surface area contributed by atoms with Crippen molar-refractivity contribution >= 4 is 5.91 Å². The van der Waals surface area contributed by atoms with Crippen molar-refractivity contribution in [1.82, 2.24) is 5.32 Å². The summed E-state index contributed by atoms with van der Waals surface area (Å²) in [5.41, 5.74) is -5.20. The number of nitrogens with one attached hydrogen (secondary N) is 1. The summed E-state index contributed by atoms with van der Waals surface area (Å²) in [5.74, 6) is -2.20. The maximum atomic E-state index is 13.4. The van der Waals surface area contributed by atoms with Gasteiger partial charge in [0.15, 0.2) is 12.4 Å². The SMILES string of the molecule is C[n+]1ccc(CNC(=O)C(OC(F)(F)C(C)(F)C(F)(F)F)C(F)(F)F)cc1. The Morgan fingerprint density at radius 2 is 1.56 bits per heavy atom. The van der Waals surface area contributed by atoms with Crippen LogP contribution in [-0.2, 0) is 23.1 Å². The zero-order valence-corrected chi connectivity index (χ0v) is 13.8. The third kappa shape index (κ3) is 5.47. The number of rotatable bonds is 6. The van der Waals surface area contributed by atoms with Gasteiger partial charge in [0.2, 0.25) is 6.10 Å². The van der Waals surface area contributed by atoms with Crippen LogP contribution in [0.3, 0.4) is 0 Å². The third-order valence-corrected chi connectivity index (χ3v) is 3.39. The number of carbonyl (C=O) groups excluding carboxylic acids is 1. The fourth-order valence-corrected chi connectivity index (χ4v) is 1.62. The number of alkyl halides is 9. The standard InChI is InChI=1S/C14H13F9N2O2/c1-11(15,13(19,20)21)14(22,23)27-9(12(16,17)18)10(26)24-7-8-3-5-25(2)6-4-8/h3-6,9H,7H2,1-2H3/p+1. The number of pyridine rings is 1. The van der Waals surface area contributed by atoms with E-state index in [0.29, 0.717) is 0 Å². The second kappa shape index (κ2) is 7.52. The highest BCUT2D eigenvalue weighted by Gasteiger charge is 2.71. The molecule has 0 aromatic carbocycles. The molecular weight excluding hydrogens is 399 g/mol. The van der Waals surface area contributed by atoms with Crippen LogP contribution in [0, 0.1) is 0 Å². The lowest BCUT2D eigenvalue weighted by molar-refractivity contribution is -0.671. The van der Waals surface area contributed by atoms with Crippen LogP contribution < -0.4 is 9.88 Å². The van der Waals surface area contributed by atoms with Gasteiger partial charge in [-0.25, -0.2) is 8.96 Å². The summed E-state index contributed by atoms with van der Waals surface area (Å²) < 4.78 is 120. The second-order valence-electron chi connectivity index (χ2n) is 5.65. The first-order valence-corrected chi connectivity index (χ1v) is 7.09. The fourth-order valence-electron chi connectivity index (χ4n) is 1.62. The Bertz CT molecular complexity index is 654. The van der Waals surface area contributed by atoms with Gasteiger partial charge >= 0.3 is 18.5 Å². The summed E-state index contributed by atoms with van der Waals surface area (Å²) >= 11 is 0. The Morgan fingerprint density at radius 1 is 1.07 bits per heavy atom. The number of nitrogens with zero attached hydrogens (tertiary/aromatic N) is 1. The van der Waals surface area contributed by atoms with Gasteiger partial charge in [-0.3, -0.25) is 9.53 Å². The predicted octanol–water partition coefficient (Wildman–Crippen LogP) is 2.96. The van der Waals surface area contributed by atoms with Crippen LogP contribution in [0.4, 0.5) is 39.5 Å². The van der Waals surface area contributed by atoms with Gasteiger partial charge in [-0.15, -0.1) is 0 Å². The smallest absolute Gasteiger partial charge is 0.349 e. The van der Waals surface area contributed by atoms with Gasteiger partial charge in [-0.1, -0.05) is 0 Å². The van der Waals surface area contributed by atoms with Crippen LogP contribution in [0.5, 0.6) is 0 Å². The topological polar surface area (TPSA) is 42.2 Å². The molecule has 2 atom stereocenters. The van der Waals surface area contributed by atoms with E-state index in [4.69, 9.17) is 0 Å². The molecule has 1 aromatic rings. The number of hydrogen-bond acceptors (Lipinski definition) is 2. The molecule has 0 fully saturated rings. The third-order valence-electron chi connectivity index (χ3n) is 3.39. The molecule has 0 bridgehead atoms. The van der Waals surface area contributed by atoms with Crippen molar-refractivity contribution in [2.75, 3.05) is 0 Å². The highest BCUT2D eigenvalue weighted by Crippen LogP contribution is 2.47. The molecule has 0 aliphatic rings. The molecule has 13 heteroatoms. The number of ether oxygens (including phenoxy) is 1. The molecule has 27 heavy (non-hydrogen) atoms. The summed E-state index contributed by atoms with van der Waals surface area (Å²) in [7, 11) is 1.62. The molecule has 0 saturated heterocycles. The predicted molar refractivity (Wildman–Crippen MR) is 70.9 cm³/mol. The summed E-state index contributed by atoms with van der Waals surface area (Å²) in [5, 5.41) is 1.61. The van der Waals surface area contributed by atoms with Gasteiger partial charge in [0, 0.05) is 18.7 Å². The van der Waals surface area contributed by atoms with Gasteiger partial charge in [0.05, 0.1) is 0 Å². The van der Waals surface area contributed by atoms with Crippen LogP contribution in [-0.4, -0.2) is 36.1 Å². The zero-order chi connectivity index (χ0) is 21.3. The van der Waals surface area contributed by atoms with Gasteiger partial charge in [-0.2, -0.15) is 35.1 Å². The van der Waals surface area contributed by atoms with E-state index >= 15 is 0 Å². The normalized spacial score (nSPS) is 16.6. The van der Waals surface area contributed by atoms with Crippen LogP contribution in [0.2, 0.25) is 0 Å². The molecule has 1 heterocycles. The Kier molecular flexibility index (Phi) is 6.41. The quantitative estimate of drug-likeness (QED) is 0.576. The maximum absolute atomic E-state index is 13.4. The molecule has 0 aliphatic heterocycles. The lowest BCUT2D eigenvalue weighted by atomic mass is 10.1. The highest BCUT2D eigenvalue weighted by molar-refractivity contribution is 5.81. The first-order chi connectivity index (χ1) is 12.0. The van der Waals surface area contributed by atoms with Crippen molar-refractivity contribution < 1.29 is 53.6 Å². The number of hydrogen-bond donors (Lipinski definition) is 1. The first kappa shape index (κ1) is 23.0. The average Bonchev–Trinajstić information content (AvgIpc) is 2.49. The Balaban J connectivity index is 2.98. The van der Waals surface area contributed by atoms with E-state index in [9.17, 15) is 44.3 Å². The van der Waals surface area contributed by atoms with Gasteiger partial charge in [0.1, 0.15) is 7.05 Å². The molecule has 1 rings (SSSR count). The number of aromatic nitrogens is 1. The minimum atomic E-state index is -6.25. The van der Waals surface area contributed by atoms with Crippen molar-refractivity contribution in [3.05, 3.63) is 30.1 Å². The summed E-state index contributed by atoms with van der Waals surface area (Å²) in [6.07, 6.45) is -19.1. The Hall–Kier alpha value is -2.05. The lowest BCUT2D eigenvalue weighted by Crippen LogP contribution is -2.59. The van der Waals surface area contributed by atoms with E-state index in [-0.39, 0.29) is 5.56 Å². The van der Waals surface area contributed by atoms with Crippen LogP contribution in [0.15, 0.2) is 24.5 Å². The molecule has 0 aliphatic carbocycles. The minimum absolute atomic E-state index is 0.264. The molecule has 1 aromatic heterocycles. The Morgan fingerprint density at radius 3 is 1.96 bits per heavy atom. The van der Waals surface area contributed by atoms with Crippen LogP contribution in [0.1, 0.15) is 12.5 Å². The summed E-state index contributed by atoms with van der Waals surface area (Å²) in [6, 6.07) is 2.75. The first-order valence-electron chi connectivity index (χ1n) is 7.09. The number of halogens is 9. The van der Waals surface area contributed by atoms with Crippen molar-refractivity contribution in [2.45, 2.75) is 43.7 Å². The van der Waals surface area contributed by atoms with Gasteiger partial charge < -0.3 is 5.32 Å². The summed E-state index contributed by atoms with van der Waals surface area (Å²) in [4.78, 5) is 11.6. The molecule has 4 nitrogen and oxygen atoms in total. The van der Waals surface area contributed by atoms with Crippen molar-refractivity contribution in [3.8, 4) is 0 Å². The monoisotopic (exact) mass is 413 g/mol. The number of carbonyl (C=O) groups is 1. The van der Waals surface area contributed by atoms with E-state index < -0.39 is 49.6 Å². The van der Waals surface area contributed by atoms with E-state index in [2.05, 4.69) is 4.74 Å². The van der Waals surface area contributed by atoms with Gasteiger partial charge in [-0.05, 0) is 12.5 Å². The van der Waals surface area contributed by atoms with Crippen molar-refractivity contribution in [3.63, 3.8) is 0 Å². The maximum Gasteiger partial charge on any atom is 0.430 e. The van der Waals surface area contributed by atoms with Crippen molar-refractivity contribution in [1.29, 1.82) is 0 Å². The Labute approximate surface area is 146 Å². The fraction of sp³-hybridized carbons (Fsp3) is 0.571. The highest BCUT2D eigenvalue weighted by atomic mass is 19.4. The molecule has 0 saturated carbocycles. The molecule has 154 valence electrons. The molecule has 1 amide bonds. The van der Waals surface area contributed by atoms with E-state index in [1.807, 2.05) is 0 Å². The molecule has 0 spiro atoms. The second-order valence-corrected chi connectivity index (χ2v) is 5.65. The molecule has 0 radical (unpaired) electrons. The molecule has 1 N–H and O–H groups in total. The molecule has 2 unspecified atom stereocenters. The van der Waals surface area contributed by atoms with Crippen LogP contribution >= 0.6 is 0 Å². The van der Waals surface area contributed by atoms with E-state index in [1.165, 1.54) is 24.5 Å². The minimum Gasteiger partial charge on any atom is -0.349 e. The average molecular weight is 413 g/mol. The van der Waals surface area contributed by atoms with Crippen molar-refractivity contribution in [2.24, 2.45) is 7.05 Å². The van der Waals surface area contributed by atoms with Crippen LogP contribution in [0.25, 0.3) is 0 Å². The van der Waals surface area contributed by atoms with E-state index in [0.717, 1.165) is 0 Å². The zero-order valence-electron chi connectivity index (χ0n) is 13.8. The lowest BCUT2D eigenvalue weighted by Gasteiger charge is -2.33. The van der Waals surface area contributed by atoms with E-state index in [1.54, 1.807) is 16.9 Å². The number of amides is 1. The van der Waals surface area contributed by atoms with Gasteiger partial charge in [0.25, 0.3) is 11.6 Å². The largest absolute Gasteiger partial charge is 0.430 e. The number of aryl methyl sites for hydroxylation is 1.